The van der Waals surface area contributed by atoms with Gasteiger partial charge in [0.05, 0.1) is 30.0 Å². The Morgan fingerprint density at radius 1 is 1.09 bits per heavy atom. The molecule has 5 N–H and O–H groups in total. The molecule has 1 aliphatic carbocycles. The molecule has 0 radical (unpaired) electrons. The summed E-state index contributed by atoms with van der Waals surface area (Å²) in [5, 5.41) is 12.5. The highest BCUT2D eigenvalue weighted by atomic mass is 19.4. The van der Waals surface area contributed by atoms with E-state index in [0.717, 1.165) is 45.7 Å². The van der Waals surface area contributed by atoms with Gasteiger partial charge in [-0.3, -0.25) is 20.5 Å². The molecule has 7 atom stereocenters. The van der Waals surface area contributed by atoms with Gasteiger partial charge in [0.1, 0.15) is 0 Å². The topological polar surface area (TPSA) is 109 Å². The molecular weight excluding hydrogens is 435 g/mol. The number of halogens is 3. The zero-order chi connectivity index (χ0) is 23.6. The van der Waals surface area contributed by atoms with Gasteiger partial charge in [0.15, 0.2) is 0 Å². The SMILES string of the molecule is N#CC1CCC(C2NNCC2CN2CCN(C3CCC(C(F)(F)F)CN3)CC2)CC1C(N)=O. The van der Waals surface area contributed by atoms with Crippen molar-refractivity contribution in [3.8, 4) is 6.07 Å². The van der Waals surface area contributed by atoms with Crippen molar-refractivity contribution in [2.24, 2.45) is 35.3 Å². The number of nitrogens with zero attached hydrogens (tertiary/aromatic N) is 3. The predicted octanol–water partition coefficient (Wildman–Crippen LogP) is 0.626. The summed E-state index contributed by atoms with van der Waals surface area (Å²) >= 11 is 0. The standard InChI is InChI=1S/C22H36F3N7O/c23-22(24,25)17-3-4-19(28-12-17)32-7-5-31(6-8-32)13-16-11-29-30-20(16)14-1-2-15(10-26)18(9-14)21(27)33/h14-20,28-30H,1-9,11-13H2,(H2,27,33). The molecule has 0 aromatic heterocycles. The van der Waals surface area contributed by atoms with E-state index in [-0.39, 0.29) is 42.9 Å². The first-order chi connectivity index (χ1) is 15.8. The summed E-state index contributed by atoms with van der Waals surface area (Å²) in [5.74, 6) is -1.55. The fourth-order valence-electron chi connectivity index (χ4n) is 6.25. The molecule has 1 saturated carbocycles. The maximum absolute atomic E-state index is 12.9. The fraction of sp³-hybridized carbons (Fsp3) is 0.909. The summed E-state index contributed by atoms with van der Waals surface area (Å²) in [6, 6.07) is 2.49. The largest absolute Gasteiger partial charge is 0.393 e. The number of nitriles is 1. The van der Waals surface area contributed by atoms with Gasteiger partial charge in [0, 0.05) is 57.8 Å². The van der Waals surface area contributed by atoms with Crippen molar-refractivity contribution in [2.75, 3.05) is 45.8 Å². The van der Waals surface area contributed by atoms with E-state index in [0.29, 0.717) is 31.1 Å². The molecular formula is C22H36F3N7O. The number of hydrogen-bond donors (Lipinski definition) is 4. The highest BCUT2D eigenvalue weighted by Crippen LogP contribution is 2.38. The first-order valence-corrected chi connectivity index (χ1v) is 12.2. The lowest BCUT2D eigenvalue weighted by atomic mass is 9.70. The summed E-state index contributed by atoms with van der Waals surface area (Å²) in [7, 11) is 0. The monoisotopic (exact) mass is 471 g/mol. The molecule has 0 aromatic carbocycles. The molecule has 7 unspecified atom stereocenters. The van der Waals surface area contributed by atoms with Crippen molar-refractivity contribution in [3.05, 3.63) is 0 Å². The minimum atomic E-state index is -4.11. The van der Waals surface area contributed by atoms with Gasteiger partial charge in [-0.1, -0.05) is 0 Å². The van der Waals surface area contributed by atoms with Gasteiger partial charge in [-0.15, -0.1) is 0 Å². The van der Waals surface area contributed by atoms with Crippen LogP contribution in [0.2, 0.25) is 0 Å². The number of rotatable bonds is 5. The normalized spacial score (nSPS) is 39.3. The third-order valence-corrected chi connectivity index (χ3v) is 8.26. The molecule has 0 aromatic rings. The van der Waals surface area contributed by atoms with Gasteiger partial charge >= 0.3 is 6.18 Å². The highest BCUT2D eigenvalue weighted by Gasteiger charge is 2.44. The molecule has 4 aliphatic rings. The second-order valence-electron chi connectivity index (χ2n) is 10.2. The van der Waals surface area contributed by atoms with Gasteiger partial charge in [-0.2, -0.15) is 18.4 Å². The number of alkyl halides is 3. The lowest BCUT2D eigenvalue weighted by molar-refractivity contribution is -0.182. The van der Waals surface area contributed by atoms with E-state index in [9.17, 15) is 23.2 Å². The smallest absolute Gasteiger partial charge is 0.369 e. The molecule has 0 spiro atoms. The molecule has 0 bridgehead atoms. The van der Waals surface area contributed by atoms with Crippen LogP contribution in [0.25, 0.3) is 0 Å². The van der Waals surface area contributed by atoms with Gasteiger partial charge < -0.3 is 16.0 Å². The molecule has 3 saturated heterocycles. The third kappa shape index (κ3) is 5.80. The molecule has 186 valence electrons. The molecule has 33 heavy (non-hydrogen) atoms. The first kappa shape index (κ1) is 24.7. The van der Waals surface area contributed by atoms with E-state index in [1.54, 1.807) is 0 Å². The number of nitrogens with two attached hydrogens (primary N) is 1. The predicted molar refractivity (Wildman–Crippen MR) is 116 cm³/mol. The van der Waals surface area contributed by atoms with Crippen LogP contribution in [0.4, 0.5) is 13.2 Å². The Morgan fingerprint density at radius 2 is 1.85 bits per heavy atom. The second kappa shape index (κ2) is 10.4. The average Bonchev–Trinajstić information content (AvgIpc) is 3.26. The second-order valence-corrected chi connectivity index (χ2v) is 10.2. The molecule has 1 amide bonds. The molecule has 3 heterocycles. The summed E-state index contributed by atoms with van der Waals surface area (Å²) in [5.41, 5.74) is 12.3. The molecule has 4 rings (SSSR count). The van der Waals surface area contributed by atoms with Crippen molar-refractivity contribution in [1.82, 2.24) is 26.0 Å². The van der Waals surface area contributed by atoms with Crippen molar-refractivity contribution in [1.29, 1.82) is 5.26 Å². The van der Waals surface area contributed by atoms with E-state index in [2.05, 4.69) is 32.0 Å². The quantitative estimate of drug-likeness (QED) is 0.466. The molecule has 11 heteroatoms. The van der Waals surface area contributed by atoms with Crippen LogP contribution in [0.15, 0.2) is 0 Å². The Kier molecular flexibility index (Phi) is 7.80. The van der Waals surface area contributed by atoms with E-state index in [1.165, 1.54) is 0 Å². The van der Waals surface area contributed by atoms with Gasteiger partial charge in [0.25, 0.3) is 0 Å². The molecule has 3 aliphatic heterocycles. The number of piperidine rings is 1. The van der Waals surface area contributed by atoms with E-state index in [4.69, 9.17) is 5.73 Å². The maximum Gasteiger partial charge on any atom is 0.393 e. The number of nitrogens with one attached hydrogen (secondary N) is 3. The van der Waals surface area contributed by atoms with Gasteiger partial charge in [0.2, 0.25) is 5.91 Å². The van der Waals surface area contributed by atoms with Crippen molar-refractivity contribution < 1.29 is 18.0 Å². The highest BCUT2D eigenvalue weighted by molar-refractivity contribution is 5.77. The van der Waals surface area contributed by atoms with Crippen LogP contribution in [0.3, 0.4) is 0 Å². The zero-order valence-electron chi connectivity index (χ0n) is 19.0. The Morgan fingerprint density at radius 3 is 2.45 bits per heavy atom. The van der Waals surface area contributed by atoms with Crippen LogP contribution >= 0.6 is 0 Å². The van der Waals surface area contributed by atoms with E-state index < -0.39 is 12.1 Å². The van der Waals surface area contributed by atoms with Gasteiger partial charge in [-0.05, 0) is 38.0 Å². The Balaban J connectivity index is 1.24. The van der Waals surface area contributed by atoms with Crippen molar-refractivity contribution in [3.63, 3.8) is 0 Å². The summed E-state index contributed by atoms with van der Waals surface area (Å²) in [6.45, 7) is 5.30. The van der Waals surface area contributed by atoms with Crippen LogP contribution < -0.4 is 21.9 Å². The minimum Gasteiger partial charge on any atom is -0.369 e. The Labute approximate surface area is 193 Å². The van der Waals surface area contributed by atoms with E-state index in [1.807, 2.05) is 0 Å². The Bertz CT molecular complexity index is 714. The first-order valence-electron chi connectivity index (χ1n) is 12.2. The van der Waals surface area contributed by atoms with Crippen molar-refractivity contribution in [2.45, 2.75) is 50.5 Å². The summed E-state index contributed by atoms with van der Waals surface area (Å²) < 4.78 is 38.7. The van der Waals surface area contributed by atoms with Crippen LogP contribution in [0.1, 0.15) is 32.1 Å². The molecule has 8 nitrogen and oxygen atoms in total. The number of carbonyl (C=O) groups excluding carboxylic acids is 1. The summed E-state index contributed by atoms with van der Waals surface area (Å²) in [6.07, 6.45) is -1.06. The number of amides is 1. The maximum atomic E-state index is 12.9. The number of primary amides is 1. The molecule has 4 fully saturated rings. The van der Waals surface area contributed by atoms with Crippen LogP contribution in [-0.4, -0.2) is 79.9 Å². The lowest BCUT2D eigenvalue weighted by Gasteiger charge is -2.43. The number of piperazine rings is 1. The number of carbonyl (C=O) groups is 1. The van der Waals surface area contributed by atoms with Crippen molar-refractivity contribution >= 4 is 5.91 Å². The van der Waals surface area contributed by atoms with E-state index >= 15 is 0 Å². The third-order valence-electron chi connectivity index (χ3n) is 8.26. The zero-order valence-corrected chi connectivity index (χ0v) is 19.0. The van der Waals surface area contributed by atoms with Crippen LogP contribution in [0.5, 0.6) is 0 Å². The summed E-state index contributed by atoms with van der Waals surface area (Å²) in [4.78, 5) is 16.6. The van der Waals surface area contributed by atoms with Gasteiger partial charge in [-0.25, -0.2) is 0 Å². The minimum absolute atomic E-state index is 0.00974. The number of hydrogen-bond acceptors (Lipinski definition) is 7. The Hall–Kier alpha value is -1.45. The lowest BCUT2D eigenvalue weighted by Crippen LogP contribution is -2.58. The van der Waals surface area contributed by atoms with Crippen LogP contribution in [-0.2, 0) is 4.79 Å². The average molecular weight is 472 g/mol. The van der Waals surface area contributed by atoms with Crippen LogP contribution in [0, 0.1) is 40.9 Å². The number of hydrazine groups is 1. The fourth-order valence-corrected chi connectivity index (χ4v) is 6.25.